The highest BCUT2D eigenvalue weighted by atomic mass is 16.1. The maximum atomic E-state index is 12.2. The summed E-state index contributed by atoms with van der Waals surface area (Å²) in [5.74, 6) is 1.49. The van der Waals surface area contributed by atoms with E-state index >= 15 is 0 Å². The van der Waals surface area contributed by atoms with Crippen LogP contribution in [-0.2, 0) is 24.1 Å². The molecule has 0 spiro atoms. The molecule has 1 aromatic carbocycles. The van der Waals surface area contributed by atoms with Crippen LogP contribution in [0.4, 0.5) is 11.5 Å². The van der Waals surface area contributed by atoms with E-state index in [0.29, 0.717) is 18.7 Å². The lowest BCUT2D eigenvalue weighted by atomic mass is 9.88. The second-order valence-corrected chi connectivity index (χ2v) is 9.37. The van der Waals surface area contributed by atoms with Crippen molar-refractivity contribution in [2.45, 2.75) is 31.7 Å². The van der Waals surface area contributed by atoms with E-state index in [0.717, 1.165) is 35.6 Å². The topological polar surface area (TPSA) is 106 Å². The number of hydrogen-bond donors (Lipinski definition) is 2. The number of carbonyl (C=O) groups is 1. The summed E-state index contributed by atoms with van der Waals surface area (Å²) in [4.78, 5) is 30.4. The maximum absolute atomic E-state index is 12.2. The van der Waals surface area contributed by atoms with Crippen LogP contribution < -0.4 is 11.1 Å². The van der Waals surface area contributed by atoms with Gasteiger partial charge in [0.25, 0.3) is 0 Å². The van der Waals surface area contributed by atoms with Crippen LogP contribution in [0.5, 0.6) is 0 Å². The minimum atomic E-state index is -0.254. The number of nitrogens with two attached hydrogens (primary N) is 1. The number of fused-ring (bicyclic) bond motifs is 3. The quantitative estimate of drug-likeness (QED) is 0.537. The minimum absolute atomic E-state index is 0.0531. The molecule has 6 rings (SSSR count). The van der Waals surface area contributed by atoms with Crippen molar-refractivity contribution < 1.29 is 4.79 Å². The zero-order valence-corrected chi connectivity index (χ0v) is 18.8. The second kappa shape index (κ2) is 8.48. The summed E-state index contributed by atoms with van der Waals surface area (Å²) < 4.78 is 0. The molecule has 1 fully saturated rings. The third-order valence-electron chi connectivity index (χ3n) is 7.14. The Kier molecular flexibility index (Phi) is 5.17. The van der Waals surface area contributed by atoms with Crippen LogP contribution in [0.25, 0.3) is 0 Å². The maximum Gasteiger partial charge on any atom is 0.223 e. The molecule has 2 aromatic heterocycles. The third-order valence-corrected chi connectivity index (χ3v) is 7.14. The number of pyridine rings is 1. The Morgan fingerprint density at radius 2 is 1.65 bits per heavy atom. The van der Waals surface area contributed by atoms with Gasteiger partial charge < -0.3 is 11.1 Å². The Labute approximate surface area is 198 Å². The monoisotopic (exact) mass is 450 g/mol. The van der Waals surface area contributed by atoms with Gasteiger partial charge in [0, 0.05) is 37.5 Å². The number of hydrogen-bond acceptors (Lipinski definition) is 6. The van der Waals surface area contributed by atoms with Gasteiger partial charge in [-0.3, -0.25) is 14.8 Å². The van der Waals surface area contributed by atoms with E-state index in [9.17, 15) is 4.79 Å². The molecule has 4 atom stereocenters. The molecule has 3 aromatic rings. The van der Waals surface area contributed by atoms with Crippen molar-refractivity contribution in [1.29, 1.82) is 0 Å². The number of benzene rings is 1. The van der Waals surface area contributed by atoms with E-state index in [-0.39, 0.29) is 29.7 Å². The van der Waals surface area contributed by atoms with Crippen molar-refractivity contribution in [3.63, 3.8) is 0 Å². The highest BCUT2D eigenvalue weighted by Gasteiger charge is 2.47. The Hall–Kier alpha value is -3.87. The first kappa shape index (κ1) is 20.7. The van der Waals surface area contributed by atoms with Crippen LogP contribution in [-0.4, -0.2) is 33.1 Å². The summed E-state index contributed by atoms with van der Waals surface area (Å²) in [6, 6.07) is 12.6. The van der Waals surface area contributed by atoms with E-state index in [1.807, 2.05) is 30.7 Å². The number of carbonyl (C=O) groups excluding carboxylic acids is 1. The zero-order chi connectivity index (χ0) is 23.1. The molecule has 1 amide bonds. The molecule has 2 bridgehead atoms. The smallest absolute Gasteiger partial charge is 0.223 e. The predicted molar refractivity (Wildman–Crippen MR) is 131 cm³/mol. The SMILES string of the molecule is NC(=O)[C@@H]1[C@H](Nc2nc(Cc3ccc(Cc4ccncc4)cc3)nc3c2N=CC3)[C@H]2C=C[C@@H]1C2. The lowest BCUT2D eigenvalue weighted by Crippen LogP contribution is -2.41. The van der Waals surface area contributed by atoms with E-state index in [2.05, 4.69) is 51.7 Å². The summed E-state index contributed by atoms with van der Waals surface area (Å²) >= 11 is 0. The van der Waals surface area contributed by atoms with Gasteiger partial charge in [-0.15, -0.1) is 0 Å². The van der Waals surface area contributed by atoms with Crippen LogP contribution in [0.15, 0.2) is 65.9 Å². The molecule has 1 aliphatic heterocycles. The largest absolute Gasteiger partial charge is 0.369 e. The molecule has 7 nitrogen and oxygen atoms in total. The number of nitrogens with zero attached hydrogens (tertiary/aromatic N) is 4. The van der Waals surface area contributed by atoms with Gasteiger partial charge in [0.05, 0.1) is 11.6 Å². The molecular weight excluding hydrogens is 424 g/mol. The summed E-state index contributed by atoms with van der Waals surface area (Å²) in [6.07, 6.45) is 13.0. The van der Waals surface area contributed by atoms with Crippen molar-refractivity contribution in [3.05, 3.63) is 89.2 Å². The highest BCUT2D eigenvalue weighted by molar-refractivity contribution is 5.82. The molecule has 7 heteroatoms. The van der Waals surface area contributed by atoms with Crippen LogP contribution >= 0.6 is 0 Å². The summed E-state index contributed by atoms with van der Waals surface area (Å²) in [7, 11) is 0. The molecule has 0 unspecified atom stereocenters. The number of amides is 1. The van der Waals surface area contributed by atoms with Crippen molar-refractivity contribution in [3.8, 4) is 0 Å². The minimum Gasteiger partial charge on any atom is -0.369 e. The molecule has 34 heavy (non-hydrogen) atoms. The molecule has 3 aliphatic rings. The molecule has 0 saturated heterocycles. The average Bonchev–Trinajstić information content (AvgIpc) is 3.57. The Morgan fingerprint density at radius 1 is 0.941 bits per heavy atom. The van der Waals surface area contributed by atoms with Crippen LogP contribution in [0.1, 0.15) is 34.6 Å². The fourth-order valence-electron chi connectivity index (χ4n) is 5.49. The summed E-state index contributed by atoms with van der Waals surface area (Å²) in [5, 5.41) is 3.54. The number of nitrogens with one attached hydrogen (secondary N) is 1. The fraction of sp³-hybridized carbons (Fsp3) is 0.296. The summed E-state index contributed by atoms with van der Waals surface area (Å²) in [6.45, 7) is 0. The number of anilines is 1. The molecule has 1 saturated carbocycles. The average molecular weight is 451 g/mol. The van der Waals surface area contributed by atoms with E-state index < -0.39 is 0 Å². The number of aliphatic imine (C=N–C) groups is 1. The number of aromatic nitrogens is 3. The van der Waals surface area contributed by atoms with Gasteiger partial charge in [0.15, 0.2) is 5.82 Å². The first-order chi connectivity index (χ1) is 16.6. The first-order valence-corrected chi connectivity index (χ1v) is 11.8. The normalized spacial score (nSPS) is 23.9. The fourth-order valence-corrected chi connectivity index (χ4v) is 5.49. The standard InChI is InChI=1S/C27H26N6O/c28-26(34)23-19-5-6-20(15-19)24(23)33-27-25-21(9-12-30-25)31-22(32-27)14-17-3-1-16(2-4-17)13-18-7-10-29-11-8-18/h1-8,10-12,19-20,23-24H,9,13-15H2,(H2,28,34)(H,31,32,33)/t19-,20+,23+,24-/m1/s1. The third kappa shape index (κ3) is 3.87. The van der Waals surface area contributed by atoms with E-state index in [1.165, 1.54) is 11.1 Å². The Morgan fingerprint density at radius 3 is 2.41 bits per heavy atom. The number of rotatable bonds is 7. The Balaban J connectivity index is 1.22. The lowest BCUT2D eigenvalue weighted by molar-refractivity contribution is -0.122. The molecule has 0 radical (unpaired) electrons. The first-order valence-electron chi connectivity index (χ1n) is 11.8. The van der Waals surface area contributed by atoms with Crippen molar-refractivity contribution >= 4 is 23.6 Å². The lowest BCUT2D eigenvalue weighted by Gasteiger charge is -2.27. The van der Waals surface area contributed by atoms with Crippen LogP contribution in [0.3, 0.4) is 0 Å². The van der Waals surface area contributed by atoms with E-state index in [1.54, 1.807) is 0 Å². The van der Waals surface area contributed by atoms with E-state index in [4.69, 9.17) is 15.7 Å². The molecule has 170 valence electrons. The van der Waals surface area contributed by atoms with Crippen molar-refractivity contribution in [2.24, 2.45) is 28.5 Å². The molecule has 3 N–H and O–H groups in total. The molecule has 2 aliphatic carbocycles. The van der Waals surface area contributed by atoms with Crippen molar-refractivity contribution in [2.75, 3.05) is 5.32 Å². The van der Waals surface area contributed by atoms with Gasteiger partial charge in [0.2, 0.25) is 5.91 Å². The molecule has 3 heterocycles. The van der Waals surface area contributed by atoms with Crippen LogP contribution in [0, 0.1) is 17.8 Å². The summed E-state index contributed by atoms with van der Waals surface area (Å²) in [5.41, 5.74) is 11.1. The predicted octanol–water partition coefficient (Wildman–Crippen LogP) is 3.40. The number of primary amides is 1. The number of allylic oxidation sites excluding steroid dienone is 1. The van der Waals surface area contributed by atoms with Gasteiger partial charge in [-0.1, -0.05) is 36.4 Å². The van der Waals surface area contributed by atoms with Gasteiger partial charge in [-0.25, -0.2) is 9.97 Å². The van der Waals surface area contributed by atoms with Gasteiger partial charge >= 0.3 is 0 Å². The van der Waals surface area contributed by atoms with Gasteiger partial charge in [-0.05, 0) is 53.5 Å². The van der Waals surface area contributed by atoms with Gasteiger partial charge in [0.1, 0.15) is 11.5 Å². The molecular formula is C27H26N6O. The van der Waals surface area contributed by atoms with Crippen molar-refractivity contribution in [1.82, 2.24) is 15.0 Å². The highest BCUT2D eigenvalue weighted by Crippen LogP contribution is 2.45. The Bertz CT molecular complexity index is 1280. The van der Waals surface area contributed by atoms with Gasteiger partial charge in [-0.2, -0.15) is 0 Å². The second-order valence-electron chi connectivity index (χ2n) is 9.37. The zero-order valence-electron chi connectivity index (χ0n) is 18.8. The van der Waals surface area contributed by atoms with Crippen LogP contribution in [0.2, 0.25) is 0 Å².